The van der Waals surface area contributed by atoms with Gasteiger partial charge in [0, 0.05) is 4.90 Å². The number of carbonyl (C=O) groups is 2. The third-order valence-electron chi connectivity index (χ3n) is 5.42. The number of hydrogen-bond donors (Lipinski definition) is 0. The predicted molar refractivity (Wildman–Crippen MR) is 121 cm³/mol. The molecular formula is C25H23NO4S. The fraction of sp³-hybridized carbons (Fsp3) is 0.200. The second-order valence-corrected chi connectivity index (χ2v) is 8.39. The summed E-state index contributed by atoms with van der Waals surface area (Å²) in [7, 11) is 3.23. The van der Waals surface area contributed by atoms with Crippen molar-refractivity contribution < 1.29 is 19.1 Å². The van der Waals surface area contributed by atoms with Crippen LogP contribution in [0.1, 0.15) is 17.2 Å². The van der Waals surface area contributed by atoms with E-state index in [2.05, 4.69) is 0 Å². The maximum absolute atomic E-state index is 13.3. The first-order chi connectivity index (χ1) is 15.2. The normalized spacial score (nSPS) is 17.9. The molecule has 2 atom stereocenters. The lowest BCUT2D eigenvalue weighted by molar-refractivity contribution is -0.150. The lowest BCUT2D eigenvalue weighted by Gasteiger charge is -2.48. The van der Waals surface area contributed by atoms with Crippen molar-refractivity contribution in [1.29, 1.82) is 0 Å². The molecule has 6 heteroatoms. The van der Waals surface area contributed by atoms with Crippen LogP contribution in [0.3, 0.4) is 0 Å². The molecule has 1 saturated heterocycles. The molecule has 1 fully saturated rings. The Hall–Kier alpha value is -3.25. The summed E-state index contributed by atoms with van der Waals surface area (Å²) in [6.45, 7) is 0. The number of β-lactam (4-membered cyclic amide) rings is 1. The van der Waals surface area contributed by atoms with Gasteiger partial charge >= 0.3 is 0 Å². The van der Waals surface area contributed by atoms with Crippen LogP contribution in [-0.2, 0) is 9.59 Å². The average molecular weight is 434 g/mol. The highest BCUT2D eigenvalue weighted by molar-refractivity contribution is 8.00. The van der Waals surface area contributed by atoms with Crippen LogP contribution in [0.4, 0.5) is 0 Å². The zero-order valence-corrected chi connectivity index (χ0v) is 18.1. The number of hydrogen-bond acceptors (Lipinski definition) is 5. The Morgan fingerprint density at radius 2 is 1.35 bits per heavy atom. The van der Waals surface area contributed by atoms with Crippen molar-refractivity contribution in [2.24, 2.45) is 0 Å². The van der Waals surface area contributed by atoms with Gasteiger partial charge in [-0.25, -0.2) is 0 Å². The molecule has 0 aromatic heterocycles. The van der Waals surface area contributed by atoms with Crippen molar-refractivity contribution in [2.45, 2.75) is 22.2 Å². The van der Waals surface area contributed by atoms with Crippen LogP contribution in [0.15, 0.2) is 83.8 Å². The summed E-state index contributed by atoms with van der Waals surface area (Å²) >= 11 is 1.43. The number of thioether (sulfide) groups is 1. The van der Waals surface area contributed by atoms with Crippen LogP contribution in [0, 0.1) is 0 Å². The molecule has 0 N–H and O–H groups in total. The molecule has 0 unspecified atom stereocenters. The topological polar surface area (TPSA) is 55.8 Å². The molecule has 3 aromatic carbocycles. The van der Waals surface area contributed by atoms with Crippen LogP contribution in [0.5, 0.6) is 11.5 Å². The third kappa shape index (κ3) is 4.16. The number of nitrogens with zero attached hydrogens (tertiary/aromatic N) is 1. The van der Waals surface area contributed by atoms with Crippen molar-refractivity contribution >= 4 is 24.0 Å². The van der Waals surface area contributed by atoms with E-state index in [1.54, 1.807) is 19.1 Å². The first kappa shape index (κ1) is 21.0. The Labute approximate surface area is 186 Å². The minimum atomic E-state index is -0.521. The Balaban J connectivity index is 1.68. The molecule has 1 amide bonds. The zero-order chi connectivity index (χ0) is 21.8. The van der Waals surface area contributed by atoms with Gasteiger partial charge in [0.25, 0.3) is 0 Å². The molecule has 0 aliphatic carbocycles. The van der Waals surface area contributed by atoms with Gasteiger partial charge in [0.15, 0.2) is 0 Å². The molecule has 31 heavy (non-hydrogen) atoms. The maximum Gasteiger partial charge on any atom is 0.240 e. The van der Waals surface area contributed by atoms with Crippen molar-refractivity contribution in [3.63, 3.8) is 0 Å². The highest BCUT2D eigenvalue weighted by atomic mass is 32.2. The predicted octanol–water partition coefficient (Wildman–Crippen LogP) is 4.36. The van der Waals surface area contributed by atoms with Gasteiger partial charge in [0.2, 0.25) is 5.91 Å². The summed E-state index contributed by atoms with van der Waals surface area (Å²) in [4.78, 5) is 28.0. The number of likely N-dealkylation sites (tertiary alicyclic amines) is 1. The number of benzene rings is 3. The number of amides is 1. The number of aldehydes is 1. The van der Waals surface area contributed by atoms with Crippen molar-refractivity contribution in [3.05, 3.63) is 90.0 Å². The van der Waals surface area contributed by atoms with Gasteiger partial charge in [0.1, 0.15) is 29.1 Å². The SMILES string of the molecule is COc1ccc(C(c2ccc(OC)cc2)N2C(=O)[C@@H](Sc3ccccc3)[C@H]2C=O)cc1. The summed E-state index contributed by atoms with van der Waals surface area (Å²) < 4.78 is 10.6. The van der Waals surface area contributed by atoms with E-state index >= 15 is 0 Å². The number of rotatable bonds is 8. The van der Waals surface area contributed by atoms with E-state index < -0.39 is 11.3 Å². The average Bonchev–Trinajstić information content (AvgIpc) is 2.84. The minimum absolute atomic E-state index is 0.0532. The van der Waals surface area contributed by atoms with Crippen molar-refractivity contribution in [2.75, 3.05) is 14.2 Å². The third-order valence-corrected chi connectivity index (χ3v) is 6.69. The smallest absolute Gasteiger partial charge is 0.240 e. The van der Waals surface area contributed by atoms with Gasteiger partial charge in [-0.05, 0) is 47.5 Å². The summed E-state index contributed by atoms with van der Waals surface area (Å²) in [5, 5.41) is -0.432. The zero-order valence-electron chi connectivity index (χ0n) is 17.3. The quantitative estimate of drug-likeness (QED) is 0.390. The largest absolute Gasteiger partial charge is 0.497 e. The molecule has 0 bridgehead atoms. The Morgan fingerprint density at radius 3 is 1.81 bits per heavy atom. The fourth-order valence-corrected chi connectivity index (χ4v) is 4.96. The minimum Gasteiger partial charge on any atom is -0.497 e. The van der Waals surface area contributed by atoms with Crippen LogP contribution >= 0.6 is 11.8 Å². The van der Waals surface area contributed by atoms with Crippen LogP contribution < -0.4 is 9.47 Å². The first-order valence-electron chi connectivity index (χ1n) is 9.93. The molecule has 3 aromatic rings. The standard InChI is InChI=1S/C25H23NO4S/c1-29-19-12-8-17(9-13-19)23(18-10-14-20(30-2)15-11-18)26-22(16-27)24(25(26)28)31-21-6-4-3-5-7-21/h3-16,22-24H,1-2H3/t22-,24+/m1/s1. The molecule has 0 spiro atoms. The number of ether oxygens (including phenoxy) is 2. The molecule has 1 heterocycles. The summed E-state index contributed by atoms with van der Waals surface area (Å²) in [6, 6.07) is 24.0. The molecule has 158 valence electrons. The Morgan fingerprint density at radius 1 is 0.839 bits per heavy atom. The number of methoxy groups -OCH3 is 2. The van der Waals surface area contributed by atoms with E-state index in [1.165, 1.54) is 11.8 Å². The molecule has 1 aliphatic heterocycles. The van der Waals surface area contributed by atoms with Crippen LogP contribution in [0.25, 0.3) is 0 Å². The van der Waals surface area contributed by atoms with Gasteiger partial charge < -0.3 is 19.2 Å². The monoisotopic (exact) mass is 433 g/mol. The first-order valence-corrected chi connectivity index (χ1v) is 10.8. The molecule has 0 radical (unpaired) electrons. The maximum atomic E-state index is 13.3. The lowest BCUT2D eigenvalue weighted by atomic mass is 9.90. The molecular weight excluding hydrogens is 410 g/mol. The van der Waals surface area contributed by atoms with E-state index in [-0.39, 0.29) is 11.9 Å². The highest BCUT2D eigenvalue weighted by Crippen LogP contribution is 2.43. The van der Waals surface area contributed by atoms with E-state index in [1.807, 2.05) is 78.9 Å². The van der Waals surface area contributed by atoms with Crippen molar-refractivity contribution in [3.8, 4) is 11.5 Å². The summed E-state index contributed by atoms with van der Waals surface area (Å²) in [5.74, 6) is 1.41. The van der Waals surface area contributed by atoms with Gasteiger partial charge in [-0.1, -0.05) is 42.5 Å². The number of carbonyl (C=O) groups excluding carboxylic acids is 2. The molecule has 0 saturated carbocycles. The summed E-state index contributed by atoms with van der Waals surface area (Å²) in [6.07, 6.45) is 0.877. The van der Waals surface area contributed by atoms with Crippen molar-refractivity contribution in [1.82, 2.24) is 4.90 Å². The Bertz CT molecular complexity index is 990. The second kappa shape index (κ2) is 9.27. The van der Waals surface area contributed by atoms with Gasteiger partial charge in [-0.3, -0.25) is 4.79 Å². The van der Waals surface area contributed by atoms with Crippen LogP contribution in [0.2, 0.25) is 0 Å². The van der Waals surface area contributed by atoms with Gasteiger partial charge in [0.05, 0.1) is 20.3 Å². The van der Waals surface area contributed by atoms with E-state index in [9.17, 15) is 9.59 Å². The fourth-order valence-electron chi connectivity index (χ4n) is 3.79. The molecule has 1 aliphatic rings. The molecule has 5 nitrogen and oxygen atoms in total. The molecule has 4 rings (SSSR count). The lowest BCUT2D eigenvalue weighted by Crippen LogP contribution is -2.65. The van der Waals surface area contributed by atoms with E-state index in [4.69, 9.17) is 9.47 Å². The summed E-state index contributed by atoms with van der Waals surface area (Å²) in [5.41, 5.74) is 1.82. The van der Waals surface area contributed by atoms with E-state index in [0.717, 1.165) is 33.8 Å². The van der Waals surface area contributed by atoms with Crippen LogP contribution in [-0.4, -0.2) is 42.6 Å². The van der Waals surface area contributed by atoms with Gasteiger partial charge in [-0.15, -0.1) is 11.8 Å². The Kier molecular flexibility index (Phi) is 6.28. The van der Waals surface area contributed by atoms with Gasteiger partial charge in [-0.2, -0.15) is 0 Å². The van der Waals surface area contributed by atoms with E-state index in [0.29, 0.717) is 0 Å². The second-order valence-electron chi connectivity index (χ2n) is 7.17. The highest BCUT2D eigenvalue weighted by Gasteiger charge is 2.51.